The molecule has 3 nitrogen and oxygen atoms in total. The number of hydrogen-bond acceptors (Lipinski definition) is 2. The predicted octanol–water partition coefficient (Wildman–Crippen LogP) is 5.80. The molecule has 3 rings (SSSR count). The van der Waals surface area contributed by atoms with Crippen molar-refractivity contribution in [1.29, 1.82) is 0 Å². The van der Waals surface area contributed by atoms with E-state index in [0.29, 0.717) is 5.92 Å². The van der Waals surface area contributed by atoms with Gasteiger partial charge in [0.1, 0.15) is 6.10 Å². The van der Waals surface area contributed by atoms with Crippen LogP contribution in [0.15, 0.2) is 0 Å². The van der Waals surface area contributed by atoms with Gasteiger partial charge in [-0.05, 0) is 86.9 Å². The molecule has 3 saturated carbocycles. The Morgan fingerprint density at radius 1 is 0.852 bits per heavy atom. The zero-order valence-corrected chi connectivity index (χ0v) is 18.2. The molecular weight excluding hydrogens is 336 g/mol. The lowest BCUT2D eigenvalue weighted by molar-refractivity contribution is -0.160. The molecule has 158 valence electrons. The van der Waals surface area contributed by atoms with Crippen molar-refractivity contribution in [2.45, 2.75) is 104 Å². The number of hydrogen-bond donors (Lipinski definition) is 0. The number of esters is 1. The van der Waals surface area contributed by atoms with Crippen molar-refractivity contribution in [3.8, 4) is 0 Å². The molecule has 0 aliphatic heterocycles. The van der Waals surface area contributed by atoms with E-state index in [1.54, 1.807) is 0 Å². The summed E-state index contributed by atoms with van der Waals surface area (Å²) in [6, 6.07) is 0. The number of rotatable bonds is 4. The molecule has 4 atom stereocenters. The van der Waals surface area contributed by atoms with Gasteiger partial charge >= 0.3 is 5.97 Å². The van der Waals surface area contributed by atoms with Crippen molar-refractivity contribution in [3.63, 3.8) is 0 Å². The minimum absolute atomic E-state index is 0. The number of carbonyl (C=O) groups excluding carboxylic acids is 1. The van der Waals surface area contributed by atoms with Crippen molar-refractivity contribution < 1.29 is 15.0 Å². The molecule has 3 aliphatic carbocycles. The Morgan fingerprint density at radius 2 is 1.41 bits per heavy atom. The fourth-order valence-corrected chi connectivity index (χ4v) is 6.22. The highest BCUT2D eigenvalue weighted by Crippen LogP contribution is 2.42. The van der Waals surface area contributed by atoms with Gasteiger partial charge in [0.25, 0.3) is 0 Å². The highest BCUT2D eigenvalue weighted by atomic mass is 16.5. The molecular formula is C24H44O3. The van der Waals surface area contributed by atoms with Crippen molar-refractivity contribution in [2.24, 2.45) is 41.4 Å². The van der Waals surface area contributed by atoms with Crippen LogP contribution in [-0.2, 0) is 9.53 Å². The van der Waals surface area contributed by atoms with Gasteiger partial charge in [0.15, 0.2) is 0 Å². The van der Waals surface area contributed by atoms with Crippen LogP contribution in [0.25, 0.3) is 0 Å². The van der Waals surface area contributed by atoms with Crippen LogP contribution in [0.1, 0.15) is 98.3 Å². The predicted molar refractivity (Wildman–Crippen MR) is 111 cm³/mol. The number of ether oxygens (including phenoxy) is 1. The second kappa shape index (κ2) is 10.3. The molecule has 3 heteroatoms. The Kier molecular flexibility index (Phi) is 8.65. The molecule has 0 aromatic carbocycles. The topological polar surface area (TPSA) is 57.8 Å². The molecule has 0 bridgehead atoms. The minimum Gasteiger partial charge on any atom is -0.462 e. The first-order valence-electron chi connectivity index (χ1n) is 11.7. The van der Waals surface area contributed by atoms with Gasteiger partial charge in [0, 0.05) is 0 Å². The summed E-state index contributed by atoms with van der Waals surface area (Å²) in [5.41, 5.74) is 0. The van der Waals surface area contributed by atoms with Crippen LogP contribution in [0, 0.1) is 41.4 Å². The van der Waals surface area contributed by atoms with Gasteiger partial charge in [-0.1, -0.05) is 47.0 Å². The van der Waals surface area contributed by atoms with Gasteiger partial charge in [-0.15, -0.1) is 0 Å². The molecule has 0 amide bonds. The first kappa shape index (κ1) is 22.7. The smallest absolute Gasteiger partial charge is 0.309 e. The molecule has 2 N–H and O–H groups in total. The summed E-state index contributed by atoms with van der Waals surface area (Å²) in [6.45, 7) is 9.40. The maximum atomic E-state index is 12.8. The average Bonchev–Trinajstić information content (AvgIpc) is 2.65. The van der Waals surface area contributed by atoms with E-state index < -0.39 is 0 Å². The average molecular weight is 381 g/mol. The number of carbonyl (C=O) groups is 1. The maximum absolute atomic E-state index is 12.8. The van der Waals surface area contributed by atoms with Gasteiger partial charge < -0.3 is 10.2 Å². The Hall–Kier alpha value is -0.570. The van der Waals surface area contributed by atoms with Crippen LogP contribution in [0.3, 0.4) is 0 Å². The molecule has 0 aromatic heterocycles. The Balaban J connectivity index is 0.00000261. The fourth-order valence-electron chi connectivity index (χ4n) is 6.22. The van der Waals surface area contributed by atoms with E-state index in [4.69, 9.17) is 4.74 Å². The lowest BCUT2D eigenvalue weighted by atomic mass is 9.69. The van der Waals surface area contributed by atoms with E-state index in [1.165, 1.54) is 44.9 Å². The molecule has 0 spiro atoms. The highest BCUT2D eigenvalue weighted by Gasteiger charge is 2.37. The second-order valence-electron chi connectivity index (χ2n) is 10.2. The molecule has 0 heterocycles. The standard InChI is InChI=1S/C24H42O2.H2O/c1-5-19-15-23(14-17(3)18(19)4)26-24(25)22-12-10-21(11-13-22)20-8-6-16(2)7-9-20;/h16-23H,5-15H2,1-4H3;1H2. The first-order chi connectivity index (χ1) is 12.5. The fraction of sp³-hybridized carbons (Fsp3) is 0.958. The molecule has 3 aliphatic rings. The summed E-state index contributed by atoms with van der Waals surface area (Å²) < 4.78 is 6.04. The Labute approximate surface area is 167 Å². The maximum Gasteiger partial charge on any atom is 0.309 e. The monoisotopic (exact) mass is 380 g/mol. The van der Waals surface area contributed by atoms with E-state index in [0.717, 1.165) is 55.3 Å². The minimum atomic E-state index is 0. The van der Waals surface area contributed by atoms with Gasteiger partial charge in [-0.3, -0.25) is 4.79 Å². The van der Waals surface area contributed by atoms with Gasteiger partial charge in [-0.2, -0.15) is 0 Å². The third kappa shape index (κ3) is 5.71. The highest BCUT2D eigenvalue weighted by molar-refractivity contribution is 5.72. The molecule has 27 heavy (non-hydrogen) atoms. The summed E-state index contributed by atoms with van der Waals surface area (Å²) in [7, 11) is 0. The van der Waals surface area contributed by atoms with Gasteiger partial charge in [0.05, 0.1) is 5.92 Å². The summed E-state index contributed by atoms with van der Waals surface area (Å²) in [4.78, 5) is 12.8. The van der Waals surface area contributed by atoms with E-state index in [9.17, 15) is 4.79 Å². The van der Waals surface area contributed by atoms with E-state index in [2.05, 4.69) is 27.7 Å². The Morgan fingerprint density at radius 3 is 1.96 bits per heavy atom. The van der Waals surface area contributed by atoms with Crippen molar-refractivity contribution in [1.82, 2.24) is 0 Å². The zero-order valence-electron chi connectivity index (χ0n) is 18.2. The largest absolute Gasteiger partial charge is 0.462 e. The van der Waals surface area contributed by atoms with Gasteiger partial charge in [-0.25, -0.2) is 0 Å². The zero-order chi connectivity index (χ0) is 18.7. The first-order valence-corrected chi connectivity index (χ1v) is 11.7. The quantitative estimate of drug-likeness (QED) is 0.579. The van der Waals surface area contributed by atoms with Gasteiger partial charge in [0.2, 0.25) is 0 Å². The summed E-state index contributed by atoms with van der Waals surface area (Å²) >= 11 is 0. The molecule has 4 unspecified atom stereocenters. The van der Waals surface area contributed by atoms with Crippen molar-refractivity contribution in [2.75, 3.05) is 0 Å². The van der Waals surface area contributed by atoms with Crippen LogP contribution < -0.4 is 0 Å². The third-order valence-electron chi connectivity index (χ3n) is 8.48. The summed E-state index contributed by atoms with van der Waals surface area (Å²) in [6.07, 6.45) is 13.9. The van der Waals surface area contributed by atoms with Crippen molar-refractivity contribution in [3.05, 3.63) is 0 Å². The lowest BCUT2D eigenvalue weighted by Gasteiger charge is -2.39. The van der Waals surface area contributed by atoms with E-state index >= 15 is 0 Å². The molecule has 0 saturated heterocycles. The SMILES string of the molecule is CCC1CC(OC(=O)C2CCC(C3CCC(C)CC3)CC2)CC(C)C1C.O. The third-order valence-corrected chi connectivity index (χ3v) is 8.48. The van der Waals surface area contributed by atoms with Crippen LogP contribution in [0.4, 0.5) is 0 Å². The summed E-state index contributed by atoms with van der Waals surface area (Å²) in [5, 5.41) is 0. The van der Waals surface area contributed by atoms with E-state index in [-0.39, 0.29) is 23.5 Å². The van der Waals surface area contributed by atoms with E-state index in [1.807, 2.05) is 0 Å². The lowest BCUT2D eigenvalue weighted by Crippen LogP contribution is -2.37. The van der Waals surface area contributed by atoms with Crippen LogP contribution in [0.2, 0.25) is 0 Å². The van der Waals surface area contributed by atoms with Crippen LogP contribution in [-0.4, -0.2) is 17.5 Å². The molecule has 0 radical (unpaired) electrons. The molecule has 0 aromatic rings. The normalized spacial score (nSPS) is 42.8. The van der Waals surface area contributed by atoms with Crippen LogP contribution >= 0.6 is 0 Å². The molecule has 3 fully saturated rings. The summed E-state index contributed by atoms with van der Waals surface area (Å²) in [5.74, 6) is 5.23. The Bertz CT molecular complexity index is 447. The second-order valence-corrected chi connectivity index (χ2v) is 10.2. The van der Waals surface area contributed by atoms with Crippen LogP contribution in [0.5, 0.6) is 0 Å². The van der Waals surface area contributed by atoms with Crippen molar-refractivity contribution >= 4 is 5.97 Å².